The molecule has 0 fully saturated rings. The molecule has 0 amide bonds. The predicted octanol–water partition coefficient (Wildman–Crippen LogP) is 0.655. The first kappa shape index (κ1) is 14.1. The van der Waals surface area contributed by atoms with Crippen molar-refractivity contribution < 1.29 is 10.2 Å². The number of amidine groups is 2. The Kier molecular flexibility index (Phi) is 4.20. The zero-order valence-electron chi connectivity index (χ0n) is 10.9. The van der Waals surface area contributed by atoms with Crippen LogP contribution in [0.5, 0.6) is 11.5 Å². The molecule has 21 heavy (non-hydrogen) atoms. The van der Waals surface area contributed by atoms with Crippen molar-refractivity contribution in [1.29, 1.82) is 0 Å². The minimum absolute atomic E-state index is 0.0248. The number of nitrogens with zero attached hydrogens (tertiary/aromatic N) is 5. The summed E-state index contributed by atoms with van der Waals surface area (Å²) < 4.78 is 0. The van der Waals surface area contributed by atoms with Crippen molar-refractivity contribution in [3.05, 3.63) is 48.0 Å². The van der Waals surface area contributed by atoms with Crippen LogP contribution in [-0.2, 0) is 0 Å². The smallest absolute Gasteiger partial charge is 0.199 e. The molecule has 0 bridgehead atoms. The van der Waals surface area contributed by atoms with E-state index in [4.69, 9.17) is 10.8 Å². The van der Waals surface area contributed by atoms with Gasteiger partial charge in [-0.3, -0.25) is 0 Å². The minimum atomic E-state index is 0.0248. The minimum Gasteiger partial charge on any atom is -0.506 e. The van der Waals surface area contributed by atoms with E-state index in [0.29, 0.717) is 11.4 Å². The SMILES string of the molecule is C=N/C(=N\N=C(/N)c1ccc(O)cn1)c1ccc(O)cn1. The number of aliphatic imine (C=N–C) groups is 1. The molecular weight excluding hydrogens is 272 g/mol. The quantitative estimate of drug-likeness (QED) is 0.433. The molecule has 2 aromatic rings. The lowest BCUT2D eigenvalue weighted by Crippen LogP contribution is -2.14. The fourth-order valence-electron chi connectivity index (χ4n) is 1.37. The Hall–Kier alpha value is -3.29. The number of nitrogens with two attached hydrogens (primary N) is 1. The van der Waals surface area contributed by atoms with E-state index >= 15 is 0 Å². The Labute approximate surface area is 120 Å². The molecule has 0 saturated carbocycles. The summed E-state index contributed by atoms with van der Waals surface area (Å²) in [5.41, 5.74) is 6.47. The number of rotatable bonds is 3. The van der Waals surface area contributed by atoms with Gasteiger partial charge in [0.1, 0.15) is 22.9 Å². The number of hydrogen-bond donors (Lipinski definition) is 3. The molecule has 0 saturated heterocycles. The van der Waals surface area contributed by atoms with Gasteiger partial charge >= 0.3 is 0 Å². The molecule has 4 N–H and O–H groups in total. The molecule has 8 heteroatoms. The van der Waals surface area contributed by atoms with Crippen molar-refractivity contribution in [2.75, 3.05) is 0 Å². The van der Waals surface area contributed by atoms with Gasteiger partial charge < -0.3 is 15.9 Å². The highest BCUT2D eigenvalue weighted by Gasteiger charge is 2.04. The molecule has 0 aliphatic heterocycles. The Balaban J connectivity index is 2.27. The lowest BCUT2D eigenvalue weighted by molar-refractivity contribution is 0.472. The monoisotopic (exact) mass is 284 g/mol. The van der Waals surface area contributed by atoms with Gasteiger partial charge in [-0.25, -0.2) is 15.0 Å². The molecule has 106 valence electrons. The highest BCUT2D eigenvalue weighted by Crippen LogP contribution is 2.08. The van der Waals surface area contributed by atoms with E-state index in [1.54, 1.807) is 0 Å². The lowest BCUT2D eigenvalue weighted by atomic mass is 10.3. The van der Waals surface area contributed by atoms with Gasteiger partial charge in [-0.1, -0.05) is 0 Å². The van der Waals surface area contributed by atoms with E-state index in [2.05, 4.69) is 31.9 Å². The molecule has 0 unspecified atom stereocenters. The van der Waals surface area contributed by atoms with E-state index < -0.39 is 0 Å². The Morgan fingerprint density at radius 2 is 1.52 bits per heavy atom. The van der Waals surface area contributed by atoms with Crippen molar-refractivity contribution in [3.63, 3.8) is 0 Å². The third-order valence-corrected chi connectivity index (χ3v) is 2.39. The van der Waals surface area contributed by atoms with Gasteiger partial charge in [0.25, 0.3) is 0 Å². The van der Waals surface area contributed by atoms with Crippen molar-refractivity contribution in [2.24, 2.45) is 20.9 Å². The van der Waals surface area contributed by atoms with Crippen molar-refractivity contribution in [3.8, 4) is 11.5 Å². The van der Waals surface area contributed by atoms with Gasteiger partial charge in [0.05, 0.1) is 12.4 Å². The van der Waals surface area contributed by atoms with E-state index in [1.807, 2.05) is 0 Å². The lowest BCUT2D eigenvalue weighted by Gasteiger charge is -1.99. The predicted molar refractivity (Wildman–Crippen MR) is 78.6 cm³/mol. The summed E-state index contributed by atoms with van der Waals surface area (Å²) in [4.78, 5) is 11.5. The molecule has 2 heterocycles. The molecule has 0 aliphatic carbocycles. The third kappa shape index (κ3) is 3.60. The van der Waals surface area contributed by atoms with Gasteiger partial charge in [-0.05, 0) is 31.0 Å². The second-order valence-electron chi connectivity index (χ2n) is 3.87. The van der Waals surface area contributed by atoms with E-state index in [0.717, 1.165) is 0 Å². The summed E-state index contributed by atoms with van der Waals surface area (Å²) in [6, 6.07) is 5.90. The Morgan fingerprint density at radius 3 is 2.00 bits per heavy atom. The van der Waals surface area contributed by atoms with Crippen LogP contribution < -0.4 is 5.73 Å². The van der Waals surface area contributed by atoms with Crippen LogP contribution in [0.15, 0.2) is 51.9 Å². The Bertz CT molecular complexity index is 692. The van der Waals surface area contributed by atoms with Crippen LogP contribution in [0.25, 0.3) is 0 Å². The topological polar surface area (TPSA) is 129 Å². The fourth-order valence-corrected chi connectivity index (χ4v) is 1.37. The first-order valence-corrected chi connectivity index (χ1v) is 5.79. The van der Waals surface area contributed by atoms with Gasteiger partial charge in [-0.15, -0.1) is 10.2 Å². The molecular formula is C13H12N6O2. The van der Waals surface area contributed by atoms with E-state index in [1.165, 1.54) is 36.7 Å². The summed E-state index contributed by atoms with van der Waals surface area (Å²) in [5, 5.41) is 26.0. The van der Waals surface area contributed by atoms with Crippen LogP contribution in [0.4, 0.5) is 0 Å². The van der Waals surface area contributed by atoms with Gasteiger partial charge in [-0.2, -0.15) is 0 Å². The molecule has 8 nitrogen and oxygen atoms in total. The van der Waals surface area contributed by atoms with Crippen LogP contribution in [0.1, 0.15) is 11.4 Å². The third-order valence-electron chi connectivity index (χ3n) is 2.39. The number of pyridine rings is 2. The average Bonchev–Trinajstić information content (AvgIpc) is 2.50. The zero-order chi connectivity index (χ0) is 15.2. The van der Waals surface area contributed by atoms with Crippen LogP contribution in [-0.4, -0.2) is 38.6 Å². The Morgan fingerprint density at radius 1 is 0.952 bits per heavy atom. The molecule has 0 radical (unpaired) electrons. The number of aromatic hydroxyl groups is 2. The summed E-state index contributed by atoms with van der Waals surface area (Å²) in [7, 11) is 0. The summed E-state index contributed by atoms with van der Waals surface area (Å²) in [6.07, 6.45) is 2.50. The standard InChI is InChI=1S/C13H12N6O2/c1-15-13(11-5-3-9(21)7-17-11)19-18-12(14)10-4-2-8(20)6-16-10/h2-7,20-21H,1H2,(H2,14,18)/b19-13-. The average molecular weight is 284 g/mol. The number of hydrogen-bond acceptors (Lipinski definition) is 6. The second kappa shape index (κ2) is 6.24. The first-order valence-electron chi connectivity index (χ1n) is 5.79. The van der Waals surface area contributed by atoms with Crippen molar-refractivity contribution >= 4 is 18.4 Å². The molecule has 0 atom stereocenters. The van der Waals surface area contributed by atoms with Crippen LogP contribution in [0.2, 0.25) is 0 Å². The fraction of sp³-hybridized carbons (Fsp3) is 0. The number of aromatic nitrogens is 2. The molecule has 2 aromatic heterocycles. The van der Waals surface area contributed by atoms with E-state index in [-0.39, 0.29) is 23.2 Å². The molecule has 0 spiro atoms. The second-order valence-corrected chi connectivity index (χ2v) is 3.87. The maximum Gasteiger partial charge on any atom is 0.199 e. The normalized spacial score (nSPS) is 12.2. The van der Waals surface area contributed by atoms with Crippen molar-refractivity contribution in [1.82, 2.24) is 9.97 Å². The summed E-state index contributed by atoms with van der Waals surface area (Å²) >= 11 is 0. The first-order chi connectivity index (χ1) is 10.1. The highest BCUT2D eigenvalue weighted by atomic mass is 16.3. The molecule has 0 aliphatic rings. The molecule has 0 aromatic carbocycles. The summed E-state index contributed by atoms with van der Waals surface area (Å²) in [6.45, 7) is 3.38. The largest absolute Gasteiger partial charge is 0.506 e. The maximum absolute atomic E-state index is 9.18. The highest BCUT2D eigenvalue weighted by molar-refractivity contribution is 6.01. The van der Waals surface area contributed by atoms with Crippen LogP contribution in [0, 0.1) is 0 Å². The van der Waals surface area contributed by atoms with E-state index in [9.17, 15) is 5.11 Å². The zero-order valence-corrected chi connectivity index (χ0v) is 10.9. The van der Waals surface area contributed by atoms with Crippen LogP contribution in [0.3, 0.4) is 0 Å². The van der Waals surface area contributed by atoms with Crippen molar-refractivity contribution in [2.45, 2.75) is 0 Å². The summed E-state index contributed by atoms with van der Waals surface area (Å²) in [5.74, 6) is 0.252. The van der Waals surface area contributed by atoms with Crippen LogP contribution >= 0.6 is 0 Å². The maximum atomic E-state index is 9.18. The van der Waals surface area contributed by atoms with Gasteiger partial charge in [0.15, 0.2) is 11.7 Å². The van der Waals surface area contributed by atoms with Gasteiger partial charge in [0, 0.05) is 0 Å². The molecule has 2 rings (SSSR count). The van der Waals surface area contributed by atoms with Gasteiger partial charge in [0.2, 0.25) is 0 Å².